The van der Waals surface area contributed by atoms with Crippen molar-refractivity contribution < 1.29 is 14.6 Å². The van der Waals surface area contributed by atoms with Gasteiger partial charge in [-0.2, -0.15) is 0 Å². The number of esters is 1. The molecule has 102 valence electrons. The number of hydrogen-bond acceptors (Lipinski definition) is 5. The zero-order chi connectivity index (χ0) is 13.8. The van der Waals surface area contributed by atoms with Crippen LogP contribution in [0.1, 0.15) is 19.0 Å². The van der Waals surface area contributed by atoms with E-state index in [4.69, 9.17) is 4.74 Å². The Morgan fingerprint density at radius 2 is 2.37 bits per heavy atom. The second kappa shape index (κ2) is 5.75. The number of H-pyrrole nitrogens is 1. The highest BCUT2D eigenvalue weighted by atomic mass is 32.1. The van der Waals surface area contributed by atoms with Crippen molar-refractivity contribution in [3.63, 3.8) is 0 Å². The molecule has 0 amide bonds. The van der Waals surface area contributed by atoms with Gasteiger partial charge < -0.3 is 14.8 Å². The minimum Gasteiger partial charge on any atom is -0.493 e. The van der Waals surface area contributed by atoms with Gasteiger partial charge in [0, 0.05) is 6.42 Å². The number of nitrogens with one attached hydrogen (secondary N) is 1. The van der Waals surface area contributed by atoms with Crippen LogP contribution >= 0.6 is 11.3 Å². The number of thiophene rings is 1. The maximum atomic E-state index is 11.8. The average molecular weight is 282 g/mol. The fourth-order valence-electron chi connectivity index (χ4n) is 1.71. The summed E-state index contributed by atoms with van der Waals surface area (Å²) in [6.07, 6.45) is 0.351. The Bertz CT molecular complexity index is 612. The molecule has 2 aromatic rings. The van der Waals surface area contributed by atoms with Crippen LogP contribution in [-0.2, 0) is 16.0 Å². The number of aromatic nitrogens is 2. The van der Waals surface area contributed by atoms with E-state index in [9.17, 15) is 14.7 Å². The highest BCUT2D eigenvalue weighted by Crippen LogP contribution is 2.22. The molecule has 2 aromatic heterocycles. The molecular formula is C12H14N2O4S. The molecule has 0 radical (unpaired) electrons. The molecule has 0 unspecified atom stereocenters. The van der Waals surface area contributed by atoms with Crippen LogP contribution in [0.2, 0.25) is 0 Å². The maximum Gasteiger partial charge on any atom is 0.333 e. The van der Waals surface area contributed by atoms with E-state index >= 15 is 0 Å². The number of carbonyl (C=O) groups is 1. The van der Waals surface area contributed by atoms with Crippen LogP contribution < -0.4 is 5.69 Å². The molecule has 0 bridgehead atoms. The zero-order valence-corrected chi connectivity index (χ0v) is 11.2. The Kier molecular flexibility index (Phi) is 4.06. The van der Waals surface area contributed by atoms with Crippen LogP contribution in [0.15, 0.2) is 22.3 Å². The largest absolute Gasteiger partial charge is 0.493 e. The quantitative estimate of drug-likeness (QED) is 0.812. The van der Waals surface area contributed by atoms with Gasteiger partial charge in [0.15, 0.2) is 0 Å². The summed E-state index contributed by atoms with van der Waals surface area (Å²) in [5, 5.41) is 12.4. The van der Waals surface area contributed by atoms with Gasteiger partial charge in [-0.25, -0.2) is 9.36 Å². The summed E-state index contributed by atoms with van der Waals surface area (Å²) in [5.74, 6) is -0.511. The fraction of sp³-hybridized carbons (Fsp3) is 0.333. The number of ether oxygens (including phenoxy) is 1. The van der Waals surface area contributed by atoms with Gasteiger partial charge in [0.05, 0.1) is 18.7 Å². The Morgan fingerprint density at radius 3 is 3.00 bits per heavy atom. The van der Waals surface area contributed by atoms with Gasteiger partial charge in [0.2, 0.25) is 5.88 Å². The first-order valence-corrected chi connectivity index (χ1v) is 6.73. The van der Waals surface area contributed by atoms with Crippen molar-refractivity contribution in [2.45, 2.75) is 19.8 Å². The predicted octanol–water partition coefficient (Wildman–Crippen LogP) is 1.43. The van der Waals surface area contributed by atoms with Gasteiger partial charge in [-0.1, -0.05) is 0 Å². The molecule has 6 nitrogen and oxygen atoms in total. The molecule has 0 aliphatic heterocycles. The summed E-state index contributed by atoms with van der Waals surface area (Å²) in [6.45, 7) is 2.04. The highest BCUT2D eigenvalue weighted by molar-refractivity contribution is 7.12. The Hall–Kier alpha value is -2.02. The third kappa shape index (κ3) is 2.87. The lowest BCUT2D eigenvalue weighted by atomic mass is 10.2. The van der Waals surface area contributed by atoms with Crippen LogP contribution in [0.4, 0.5) is 0 Å². The van der Waals surface area contributed by atoms with E-state index < -0.39 is 5.69 Å². The number of nitrogens with zero attached hydrogens (tertiary/aromatic N) is 1. The van der Waals surface area contributed by atoms with Crippen molar-refractivity contribution in [1.29, 1.82) is 0 Å². The monoisotopic (exact) mass is 282 g/mol. The van der Waals surface area contributed by atoms with Crippen LogP contribution in [0.5, 0.6) is 5.88 Å². The SMILES string of the molecule is CCOC(=O)CCc1[nH]c(=O)n(-c2cccs2)c1O. The molecule has 19 heavy (non-hydrogen) atoms. The van der Waals surface area contributed by atoms with Gasteiger partial charge in [-0.15, -0.1) is 11.3 Å². The lowest BCUT2D eigenvalue weighted by molar-refractivity contribution is -0.143. The second-order valence-corrected chi connectivity index (χ2v) is 4.75. The van der Waals surface area contributed by atoms with Crippen molar-refractivity contribution in [2.75, 3.05) is 6.61 Å². The molecular weight excluding hydrogens is 268 g/mol. The molecule has 0 saturated carbocycles. The van der Waals surface area contributed by atoms with Gasteiger partial charge in [-0.3, -0.25) is 4.79 Å². The minimum absolute atomic E-state index is 0.117. The van der Waals surface area contributed by atoms with Crippen LogP contribution in [0.25, 0.3) is 5.00 Å². The van der Waals surface area contributed by atoms with Gasteiger partial charge in [0.25, 0.3) is 0 Å². The van der Waals surface area contributed by atoms with E-state index in [1.807, 2.05) is 5.38 Å². The minimum atomic E-state index is -0.418. The molecule has 7 heteroatoms. The third-order valence-corrected chi connectivity index (χ3v) is 3.41. The summed E-state index contributed by atoms with van der Waals surface area (Å²) in [6, 6.07) is 3.52. The fourth-order valence-corrected chi connectivity index (χ4v) is 2.44. The lowest BCUT2D eigenvalue weighted by Crippen LogP contribution is -2.13. The summed E-state index contributed by atoms with van der Waals surface area (Å²) in [4.78, 5) is 25.6. The van der Waals surface area contributed by atoms with Crippen LogP contribution in [0, 0.1) is 0 Å². The molecule has 0 spiro atoms. The first-order valence-electron chi connectivity index (χ1n) is 5.85. The van der Waals surface area contributed by atoms with Crippen molar-refractivity contribution in [1.82, 2.24) is 9.55 Å². The molecule has 2 rings (SSSR count). The van der Waals surface area contributed by atoms with Crippen LogP contribution in [0.3, 0.4) is 0 Å². The normalized spacial score (nSPS) is 10.6. The van der Waals surface area contributed by atoms with E-state index in [2.05, 4.69) is 4.98 Å². The summed E-state index contributed by atoms with van der Waals surface area (Å²) in [5.41, 5.74) is -0.0785. The molecule has 0 aliphatic rings. The Labute approximate surface area is 113 Å². The topological polar surface area (TPSA) is 84.3 Å². The van der Waals surface area contributed by atoms with E-state index in [0.29, 0.717) is 17.3 Å². The average Bonchev–Trinajstić information content (AvgIpc) is 2.96. The molecule has 0 saturated heterocycles. The summed E-state index contributed by atoms with van der Waals surface area (Å²) >= 11 is 1.34. The van der Waals surface area contributed by atoms with Crippen molar-refractivity contribution in [3.8, 4) is 10.9 Å². The number of aromatic amines is 1. The summed E-state index contributed by atoms with van der Waals surface area (Å²) < 4.78 is 5.98. The molecule has 0 atom stereocenters. The summed E-state index contributed by atoms with van der Waals surface area (Å²) in [7, 11) is 0. The molecule has 0 fully saturated rings. The highest BCUT2D eigenvalue weighted by Gasteiger charge is 2.16. The van der Waals surface area contributed by atoms with E-state index in [-0.39, 0.29) is 24.7 Å². The standard InChI is InChI=1S/C12H14N2O4S/c1-2-18-10(15)6-5-8-11(16)14(12(17)13-8)9-4-3-7-19-9/h3-4,7,16H,2,5-6H2,1H3,(H,13,17). The van der Waals surface area contributed by atoms with Crippen LogP contribution in [-0.4, -0.2) is 27.2 Å². The lowest BCUT2D eigenvalue weighted by Gasteiger charge is -2.01. The van der Waals surface area contributed by atoms with E-state index in [1.165, 1.54) is 15.9 Å². The molecule has 2 N–H and O–H groups in total. The first-order chi connectivity index (χ1) is 9.13. The molecule has 0 aromatic carbocycles. The second-order valence-electron chi connectivity index (χ2n) is 3.82. The Balaban J connectivity index is 2.18. The van der Waals surface area contributed by atoms with Crippen molar-refractivity contribution in [3.05, 3.63) is 33.7 Å². The number of carbonyl (C=O) groups excluding carboxylic acids is 1. The number of hydrogen-bond donors (Lipinski definition) is 2. The first kappa shape index (κ1) is 13.4. The van der Waals surface area contributed by atoms with Gasteiger partial charge in [0.1, 0.15) is 5.00 Å². The number of aromatic hydroxyl groups is 1. The number of rotatable bonds is 5. The van der Waals surface area contributed by atoms with E-state index in [0.717, 1.165) is 0 Å². The predicted molar refractivity (Wildman–Crippen MR) is 70.9 cm³/mol. The number of aryl methyl sites for hydroxylation is 1. The van der Waals surface area contributed by atoms with Gasteiger partial charge in [-0.05, 0) is 24.4 Å². The van der Waals surface area contributed by atoms with Crippen molar-refractivity contribution >= 4 is 17.3 Å². The third-order valence-electron chi connectivity index (χ3n) is 2.55. The molecule has 2 heterocycles. The smallest absolute Gasteiger partial charge is 0.333 e. The molecule has 0 aliphatic carbocycles. The Morgan fingerprint density at radius 1 is 1.58 bits per heavy atom. The zero-order valence-electron chi connectivity index (χ0n) is 10.4. The van der Waals surface area contributed by atoms with E-state index in [1.54, 1.807) is 19.1 Å². The maximum absolute atomic E-state index is 11.8. The van der Waals surface area contributed by atoms with Crippen molar-refractivity contribution in [2.24, 2.45) is 0 Å². The van der Waals surface area contributed by atoms with Gasteiger partial charge >= 0.3 is 11.7 Å². The number of imidazole rings is 1.